The first-order valence-electron chi connectivity index (χ1n) is 9.97. The lowest BCUT2D eigenvalue weighted by Gasteiger charge is -2.31. The summed E-state index contributed by atoms with van der Waals surface area (Å²) in [4.78, 5) is 42.5. The molecule has 1 aliphatic rings. The summed E-state index contributed by atoms with van der Waals surface area (Å²) in [5, 5.41) is 6.01. The average Bonchev–Trinajstić information content (AvgIpc) is 3.23. The molecule has 34 heavy (non-hydrogen) atoms. The monoisotopic (exact) mass is 474 g/mol. The first-order valence-corrected chi connectivity index (χ1v) is 9.97. The van der Waals surface area contributed by atoms with Gasteiger partial charge in [-0.05, 0) is 56.3 Å². The Morgan fingerprint density at radius 2 is 1.88 bits per heavy atom. The van der Waals surface area contributed by atoms with E-state index in [1.807, 2.05) is 0 Å². The van der Waals surface area contributed by atoms with Gasteiger partial charge in [-0.15, -0.1) is 0 Å². The van der Waals surface area contributed by atoms with E-state index >= 15 is 0 Å². The highest BCUT2D eigenvalue weighted by atomic mass is 19.4. The van der Waals surface area contributed by atoms with Gasteiger partial charge < -0.3 is 14.6 Å². The van der Waals surface area contributed by atoms with Crippen LogP contribution in [-0.4, -0.2) is 40.6 Å². The van der Waals surface area contributed by atoms with Crippen molar-refractivity contribution in [3.63, 3.8) is 0 Å². The zero-order valence-corrected chi connectivity index (χ0v) is 17.8. The number of alkyl halides is 3. The van der Waals surface area contributed by atoms with Crippen LogP contribution in [0.3, 0.4) is 0 Å². The minimum atomic E-state index is -4.62. The van der Waals surface area contributed by atoms with Crippen LogP contribution in [-0.2, 0) is 20.5 Å². The van der Waals surface area contributed by atoms with Crippen molar-refractivity contribution < 1.29 is 36.8 Å². The lowest BCUT2D eigenvalue weighted by Crippen LogP contribution is -2.47. The first-order chi connectivity index (χ1) is 16.0. The molecular weight excluding hydrogens is 457 g/mol. The van der Waals surface area contributed by atoms with Crippen LogP contribution < -0.4 is 10.2 Å². The number of rotatable bonds is 4. The maximum Gasteiger partial charge on any atom is 0.416 e. The van der Waals surface area contributed by atoms with Crippen molar-refractivity contribution in [1.29, 1.82) is 0 Å². The van der Waals surface area contributed by atoms with Crippen LogP contribution in [0.15, 0.2) is 47.0 Å². The van der Waals surface area contributed by atoms with Crippen LogP contribution in [0.4, 0.5) is 24.5 Å². The third kappa shape index (κ3) is 4.60. The summed E-state index contributed by atoms with van der Waals surface area (Å²) in [5.41, 5.74) is -0.342. The number of ether oxygens (including phenoxy) is 1. The Morgan fingerprint density at radius 3 is 2.50 bits per heavy atom. The van der Waals surface area contributed by atoms with Crippen LogP contribution in [0.25, 0.3) is 11.5 Å². The molecule has 1 aliphatic heterocycles. The predicted molar refractivity (Wildman–Crippen MR) is 112 cm³/mol. The molecule has 0 radical (unpaired) electrons. The van der Waals surface area contributed by atoms with Gasteiger partial charge >= 0.3 is 12.1 Å². The third-order valence-corrected chi connectivity index (χ3v) is 4.98. The molecule has 0 spiro atoms. The van der Waals surface area contributed by atoms with Gasteiger partial charge in [0.1, 0.15) is 6.54 Å². The van der Waals surface area contributed by atoms with Crippen molar-refractivity contribution in [2.75, 3.05) is 16.8 Å². The molecule has 3 aromatic rings. The van der Waals surface area contributed by atoms with Crippen molar-refractivity contribution in [3.05, 3.63) is 59.4 Å². The van der Waals surface area contributed by atoms with E-state index in [1.165, 1.54) is 19.1 Å². The van der Waals surface area contributed by atoms with Gasteiger partial charge in [-0.2, -0.15) is 18.2 Å². The van der Waals surface area contributed by atoms with E-state index in [2.05, 4.69) is 15.5 Å². The molecule has 0 bridgehead atoms. The molecular formula is C22H17F3N4O5. The Labute approximate surface area is 190 Å². The molecule has 12 heteroatoms. The minimum absolute atomic E-state index is 0.0692. The third-order valence-electron chi connectivity index (χ3n) is 4.98. The molecule has 2 amide bonds. The van der Waals surface area contributed by atoms with Gasteiger partial charge in [0.15, 0.2) is 11.9 Å². The zero-order valence-electron chi connectivity index (χ0n) is 17.8. The molecule has 2 heterocycles. The minimum Gasteiger partial charge on any atom is -0.449 e. The number of nitrogens with one attached hydrogen (secondary N) is 1. The molecule has 4 rings (SSSR count). The fourth-order valence-electron chi connectivity index (χ4n) is 3.32. The number of carbonyl (C=O) groups is 3. The van der Waals surface area contributed by atoms with E-state index in [9.17, 15) is 27.6 Å². The molecule has 0 saturated carbocycles. The van der Waals surface area contributed by atoms with E-state index < -0.39 is 42.2 Å². The van der Waals surface area contributed by atoms with Crippen molar-refractivity contribution in [2.24, 2.45) is 0 Å². The number of anilines is 2. The summed E-state index contributed by atoms with van der Waals surface area (Å²) < 4.78 is 49.3. The van der Waals surface area contributed by atoms with E-state index in [-0.39, 0.29) is 22.8 Å². The van der Waals surface area contributed by atoms with Crippen LogP contribution in [0.1, 0.15) is 28.7 Å². The highest BCUT2D eigenvalue weighted by molar-refractivity contribution is 6.11. The number of halogens is 3. The number of carbonyl (C=O) groups excluding carboxylic acids is 3. The highest BCUT2D eigenvalue weighted by Gasteiger charge is 2.35. The van der Waals surface area contributed by atoms with Crippen LogP contribution >= 0.6 is 0 Å². The van der Waals surface area contributed by atoms with Crippen molar-refractivity contribution in [1.82, 2.24) is 10.1 Å². The molecule has 1 aromatic heterocycles. The fraction of sp³-hybridized carbons (Fsp3) is 0.227. The zero-order chi connectivity index (χ0) is 24.6. The Hall–Kier alpha value is -4.22. The molecule has 176 valence electrons. The second kappa shape index (κ2) is 8.61. The summed E-state index contributed by atoms with van der Waals surface area (Å²) in [6, 6.07) is 8.68. The van der Waals surface area contributed by atoms with E-state index in [0.29, 0.717) is 11.4 Å². The van der Waals surface area contributed by atoms with Gasteiger partial charge in [0.25, 0.3) is 11.8 Å². The largest absolute Gasteiger partial charge is 0.449 e. The van der Waals surface area contributed by atoms with Crippen molar-refractivity contribution >= 4 is 29.2 Å². The highest BCUT2D eigenvalue weighted by Crippen LogP contribution is 2.37. The van der Waals surface area contributed by atoms with Gasteiger partial charge in [-0.1, -0.05) is 5.16 Å². The Kier molecular flexibility index (Phi) is 5.82. The van der Waals surface area contributed by atoms with Crippen LogP contribution in [0.2, 0.25) is 0 Å². The molecule has 2 aromatic carbocycles. The van der Waals surface area contributed by atoms with Crippen LogP contribution in [0, 0.1) is 6.92 Å². The fourth-order valence-corrected chi connectivity index (χ4v) is 3.32. The quantitative estimate of drug-likeness (QED) is 0.575. The lowest BCUT2D eigenvalue weighted by molar-refractivity contribution is -0.137. The standard InChI is InChI=1S/C22H17F3N4O5/c1-11(33-21(32)14-5-3-13(4-6-14)19-26-12(2)28-34-19)20(31)29-10-18(30)27-16-9-15(22(23,24)25)7-8-17(16)29/h3-9,11H,10H2,1-2H3,(H,27,30). The predicted octanol–water partition coefficient (Wildman–Crippen LogP) is 3.59. The topological polar surface area (TPSA) is 115 Å². The van der Waals surface area contributed by atoms with E-state index in [1.54, 1.807) is 19.1 Å². The summed E-state index contributed by atoms with van der Waals surface area (Å²) in [6.45, 7) is 2.54. The molecule has 1 unspecified atom stereocenters. The summed E-state index contributed by atoms with van der Waals surface area (Å²) in [6.07, 6.45) is -5.93. The number of hydrogen-bond donors (Lipinski definition) is 1. The van der Waals surface area contributed by atoms with Crippen LogP contribution in [0.5, 0.6) is 0 Å². The molecule has 1 N–H and O–H groups in total. The SMILES string of the molecule is Cc1noc(-c2ccc(C(=O)OC(C)C(=O)N3CC(=O)Nc4cc(C(F)(F)F)ccc43)cc2)n1. The maximum atomic E-state index is 13.0. The van der Waals surface area contributed by atoms with Gasteiger partial charge in [0.2, 0.25) is 5.91 Å². The van der Waals surface area contributed by atoms with Gasteiger partial charge in [-0.3, -0.25) is 14.5 Å². The van der Waals surface area contributed by atoms with Crippen molar-refractivity contribution in [3.8, 4) is 11.5 Å². The van der Waals surface area contributed by atoms with Gasteiger partial charge in [0, 0.05) is 5.56 Å². The second-order valence-corrected chi connectivity index (χ2v) is 7.47. The summed E-state index contributed by atoms with van der Waals surface area (Å²) in [7, 11) is 0. The summed E-state index contributed by atoms with van der Waals surface area (Å²) >= 11 is 0. The number of amides is 2. The van der Waals surface area contributed by atoms with E-state index in [4.69, 9.17) is 9.26 Å². The number of fused-ring (bicyclic) bond motifs is 1. The number of benzene rings is 2. The first kappa shape index (κ1) is 23.0. The molecule has 1 atom stereocenters. The number of hydrogen-bond acceptors (Lipinski definition) is 7. The molecule has 0 fully saturated rings. The summed E-state index contributed by atoms with van der Waals surface area (Å²) in [5.74, 6) is -1.51. The van der Waals surface area contributed by atoms with E-state index in [0.717, 1.165) is 23.1 Å². The Balaban J connectivity index is 1.48. The molecule has 0 saturated heterocycles. The molecule has 9 nitrogen and oxygen atoms in total. The lowest BCUT2D eigenvalue weighted by atomic mass is 10.1. The van der Waals surface area contributed by atoms with Crippen molar-refractivity contribution in [2.45, 2.75) is 26.1 Å². The van der Waals surface area contributed by atoms with Gasteiger partial charge in [-0.25, -0.2) is 4.79 Å². The number of nitrogens with zero attached hydrogens (tertiary/aromatic N) is 3. The maximum absolute atomic E-state index is 13.0. The number of esters is 1. The Morgan fingerprint density at radius 1 is 1.18 bits per heavy atom. The number of aryl methyl sites for hydroxylation is 1. The van der Waals surface area contributed by atoms with Gasteiger partial charge in [0.05, 0.1) is 22.5 Å². The average molecular weight is 474 g/mol. The number of aromatic nitrogens is 2. The smallest absolute Gasteiger partial charge is 0.416 e. The molecule has 0 aliphatic carbocycles. The Bertz CT molecular complexity index is 1270. The second-order valence-electron chi connectivity index (χ2n) is 7.47. The normalized spacial score (nSPS) is 14.3.